The van der Waals surface area contributed by atoms with Crippen LogP contribution in [0.15, 0.2) is 30.3 Å². The summed E-state index contributed by atoms with van der Waals surface area (Å²) in [7, 11) is 1.70. The highest BCUT2D eigenvalue weighted by molar-refractivity contribution is 5.70. The third-order valence-corrected chi connectivity index (χ3v) is 5.54. The van der Waals surface area contributed by atoms with E-state index in [2.05, 4.69) is 63.3 Å². The molecule has 0 fully saturated rings. The predicted molar refractivity (Wildman–Crippen MR) is 104 cm³/mol. The Morgan fingerprint density at radius 2 is 1.81 bits per heavy atom. The number of rotatable bonds is 3. The van der Waals surface area contributed by atoms with E-state index >= 15 is 0 Å². The van der Waals surface area contributed by atoms with Crippen molar-refractivity contribution in [2.24, 2.45) is 5.41 Å². The number of carboxylic acid groups (broad SMARTS) is 1. The van der Waals surface area contributed by atoms with Crippen LogP contribution in [0.3, 0.4) is 0 Å². The Bertz CT molecular complexity index is 831. The third-order valence-electron chi connectivity index (χ3n) is 5.54. The lowest BCUT2D eigenvalue weighted by molar-refractivity contribution is 0.161. The van der Waals surface area contributed by atoms with Gasteiger partial charge in [-0.05, 0) is 77.6 Å². The molecule has 0 aliphatic heterocycles. The minimum absolute atomic E-state index is 0.0970. The van der Waals surface area contributed by atoms with Crippen LogP contribution in [-0.4, -0.2) is 18.3 Å². The Kier molecular flexibility index (Phi) is 4.70. The van der Waals surface area contributed by atoms with Gasteiger partial charge in [0.15, 0.2) is 0 Å². The number of ether oxygens (including phenoxy) is 1. The van der Waals surface area contributed by atoms with Gasteiger partial charge >= 0.3 is 6.09 Å². The maximum Gasteiger partial charge on any atom is 0.405 e. The number of aryl methyl sites for hydroxylation is 3. The normalized spacial score (nSPS) is 18.1. The van der Waals surface area contributed by atoms with Crippen molar-refractivity contribution in [3.63, 3.8) is 0 Å². The molecule has 0 aromatic heterocycles. The van der Waals surface area contributed by atoms with E-state index in [0.717, 1.165) is 46.4 Å². The van der Waals surface area contributed by atoms with Crippen LogP contribution in [0.1, 0.15) is 48.6 Å². The summed E-state index contributed by atoms with van der Waals surface area (Å²) >= 11 is 0. The van der Waals surface area contributed by atoms with Crippen molar-refractivity contribution in [3.05, 3.63) is 52.6 Å². The van der Waals surface area contributed by atoms with Gasteiger partial charge in [-0.15, -0.1) is 0 Å². The van der Waals surface area contributed by atoms with Gasteiger partial charge in [0.2, 0.25) is 0 Å². The van der Waals surface area contributed by atoms with Gasteiger partial charge in [0.05, 0.1) is 13.2 Å². The highest BCUT2D eigenvalue weighted by Crippen LogP contribution is 2.44. The molecule has 26 heavy (non-hydrogen) atoms. The molecule has 2 aromatic rings. The van der Waals surface area contributed by atoms with E-state index < -0.39 is 6.09 Å². The summed E-state index contributed by atoms with van der Waals surface area (Å²) < 4.78 is 5.47. The van der Waals surface area contributed by atoms with Crippen LogP contribution in [0, 0.1) is 19.3 Å². The van der Waals surface area contributed by atoms with Gasteiger partial charge in [0, 0.05) is 0 Å². The topological polar surface area (TPSA) is 58.6 Å². The minimum Gasteiger partial charge on any atom is -0.496 e. The first kappa shape index (κ1) is 18.3. The number of nitrogens with one attached hydrogen (secondary N) is 1. The van der Waals surface area contributed by atoms with Crippen LogP contribution in [-0.2, 0) is 6.42 Å². The zero-order chi connectivity index (χ0) is 19.1. The molecule has 4 heteroatoms. The highest BCUT2D eigenvalue weighted by Gasteiger charge is 2.37. The van der Waals surface area contributed by atoms with E-state index in [-0.39, 0.29) is 11.5 Å². The first-order valence-electron chi connectivity index (χ1n) is 9.01. The number of hydrogen-bond acceptors (Lipinski definition) is 2. The Balaban J connectivity index is 2.03. The van der Waals surface area contributed by atoms with Crippen molar-refractivity contribution in [2.75, 3.05) is 7.11 Å². The van der Waals surface area contributed by atoms with Gasteiger partial charge in [-0.25, -0.2) is 4.79 Å². The van der Waals surface area contributed by atoms with Crippen molar-refractivity contribution in [1.29, 1.82) is 0 Å². The lowest BCUT2D eigenvalue weighted by atomic mass is 9.70. The summed E-state index contributed by atoms with van der Waals surface area (Å²) in [5.74, 6) is 0.930. The fourth-order valence-electron chi connectivity index (χ4n) is 4.14. The molecule has 1 amide bonds. The zero-order valence-corrected chi connectivity index (χ0v) is 16.1. The third kappa shape index (κ3) is 3.28. The molecule has 4 nitrogen and oxygen atoms in total. The minimum atomic E-state index is -0.971. The molecule has 1 aliphatic rings. The summed E-state index contributed by atoms with van der Waals surface area (Å²) in [6.07, 6.45) is 0.943. The summed E-state index contributed by atoms with van der Waals surface area (Å²) in [5.41, 5.74) is 6.78. The molecule has 0 saturated heterocycles. The van der Waals surface area contributed by atoms with E-state index in [1.807, 2.05) is 0 Å². The van der Waals surface area contributed by atoms with Gasteiger partial charge in [-0.1, -0.05) is 32.0 Å². The summed E-state index contributed by atoms with van der Waals surface area (Å²) in [5, 5.41) is 12.0. The van der Waals surface area contributed by atoms with E-state index in [0.29, 0.717) is 0 Å². The fourth-order valence-corrected chi connectivity index (χ4v) is 4.14. The highest BCUT2D eigenvalue weighted by atomic mass is 16.5. The molecule has 2 N–H and O–H groups in total. The molecule has 0 heterocycles. The summed E-state index contributed by atoms with van der Waals surface area (Å²) in [6, 6.07) is 10.5. The molecule has 0 spiro atoms. The van der Waals surface area contributed by atoms with Crippen molar-refractivity contribution in [1.82, 2.24) is 5.32 Å². The van der Waals surface area contributed by atoms with Crippen molar-refractivity contribution < 1.29 is 14.6 Å². The van der Waals surface area contributed by atoms with E-state index in [9.17, 15) is 9.90 Å². The molecular formula is C22H27NO3. The lowest BCUT2D eigenvalue weighted by Gasteiger charge is -2.40. The number of fused-ring (bicyclic) bond motifs is 1. The average Bonchev–Trinajstić information content (AvgIpc) is 2.56. The second-order valence-corrected chi connectivity index (χ2v) is 7.93. The molecule has 3 rings (SSSR count). The number of carbonyl (C=O) groups is 1. The SMILES string of the molecule is COc1c(C)cc(-c2ccc3c(c2)CCC(C)(C)[C@H]3NC(=O)O)cc1C. The molecule has 1 aliphatic carbocycles. The largest absolute Gasteiger partial charge is 0.496 e. The van der Waals surface area contributed by atoms with Gasteiger partial charge < -0.3 is 15.2 Å². The number of benzene rings is 2. The monoisotopic (exact) mass is 353 g/mol. The molecule has 0 saturated carbocycles. The van der Waals surface area contributed by atoms with Crippen LogP contribution in [0.4, 0.5) is 4.79 Å². The Labute approximate surface area is 155 Å². The molecule has 0 unspecified atom stereocenters. The van der Waals surface area contributed by atoms with Crippen molar-refractivity contribution >= 4 is 6.09 Å². The molecule has 138 valence electrons. The first-order valence-corrected chi connectivity index (χ1v) is 9.01. The van der Waals surface area contributed by atoms with Gasteiger partial charge in [-0.3, -0.25) is 0 Å². The predicted octanol–water partition coefficient (Wildman–Crippen LogP) is 5.26. The van der Waals surface area contributed by atoms with Crippen LogP contribution in [0.25, 0.3) is 11.1 Å². The molecule has 0 radical (unpaired) electrons. The lowest BCUT2D eigenvalue weighted by Crippen LogP contribution is -2.40. The maximum absolute atomic E-state index is 11.3. The van der Waals surface area contributed by atoms with Gasteiger partial charge in [-0.2, -0.15) is 0 Å². The maximum atomic E-state index is 11.3. The number of hydrogen-bond donors (Lipinski definition) is 2. The second-order valence-electron chi connectivity index (χ2n) is 7.93. The standard InChI is InChI=1S/C22H27NO3/c1-13-10-17(11-14(2)19(13)26-5)15-6-7-18-16(12-15)8-9-22(3,4)20(18)23-21(24)25/h6-7,10-12,20,23H,8-9H2,1-5H3,(H,24,25)/t20-/m0/s1. The van der Waals surface area contributed by atoms with E-state index in [1.165, 1.54) is 5.56 Å². The van der Waals surface area contributed by atoms with Crippen LogP contribution in [0.2, 0.25) is 0 Å². The number of methoxy groups -OCH3 is 1. The quantitative estimate of drug-likeness (QED) is 0.791. The second kappa shape index (κ2) is 6.67. The smallest absolute Gasteiger partial charge is 0.405 e. The summed E-state index contributed by atoms with van der Waals surface area (Å²) in [4.78, 5) is 11.3. The summed E-state index contributed by atoms with van der Waals surface area (Å²) in [6.45, 7) is 8.37. The molecule has 1 atom stereocenters. The van der Waals surface area contributed by atoms with Gasteiger partial charge in [0.25, 0.3) is 0 Å². The molecule has 0 bridgehead atoms. The average molecular weight is 353 g/mol. The molecule has 2 aromatic carbocycles. The van der Waals surface area contributed by atoms with E-state index in [1.54, 1.807) is 7.11 Å². The van der Waals surface area contributed by atoms with Crippen LogP contribution >= 0.6 is 0 Å². The fraction of sp³-hybridized carbons (Fsp3) is 0.409. The Morgan fingerprint density at radius 1 is 1.15 bits per heavy atom. The van der Waals surface area contributed by atoms with Crippen LogP contribution < -0.4 is 10.1 Å². The van der Waals surface area contributed by atoms with Crippen LogP contribution in [0.5, 0.6) is 5.75 Å². The van der Waals surface area contributed by atoms with Gasteiger partial charge in [0.1, 0.15) is 5.75 Å². The number of amides is 1. The Hall–Kier alpha value is -2.49. The first-order chi connectivity index (χ1) is 12.2. The van der Waals surface area contributed by atoms with Crippen molar-refractivity contribution in [2.45, 2.75) is 46.6 Å². The molecular weight excluding hydrogens is 326 g/mol. The Morgan fingerprint density at radius 3 is 2.38 bits per heavy atom. The van der Waals surface area contributed by atoms with E-state index in [4.69, 9.17) is 4.74 Å². The van der Waals surface area contributed by atoms with Crippen molar-refractivity contribution in [3.8, 4) is 16.9 Å². The zero-order valence-electron chi connectivity index (χ0n) is 16.1.